The van der Waals surface area contributed by atoms with Gasteiger partial charge in [-0.3, -0.25) is 4.68 Å². The molecule has 0 aliphatic rings. The molecule has 0 saturated carbocycles. The third-order valence-corrected chi connectivity index (χ3v) is 2.89. The molecular formula is C13H15BrN2. The summed E-state index contributed by atoms with van der Waals surface area (Å²) in [5, 5.41) is 4.36. The van der Waals surface area contributed by atoms with E-state index in [-0.39, 0.29) is 0 Å². The van der Waals surface area contributed by atoms with Crippen LogP contribution in [0.5, 0.6) is 0 Å². The van der Waals surface area contributed by atoms with Crippen molar-refractivity contribution in [1.82, 2.24) is 9.78 Å². The highest BCUT2D eigenvalue weighted by molar-refractivity contribution is 9.10. The van der Waals surface area contributed by atoms with Crippen molar-refractivity contribution in [3.63, 3.8) is 0 Å². The molecule has 1 heterocycles. The lowest BCUT2D eigenvalue weighted by Gasteiger charge is -2.03. The zero-order valence-electron chi connectivity index (χ0n) is 9.52. The monoisotopic (exact) mass is 278 g/mol. The zero-order valence-corrected chi connectivity index (χ0v) is 11.1. The first-order valence-electron chi connectivity index (χ1n) is 5.43. The van der Waals surface area contributed by atoms with E-state index in [2.05, 4.69) is 65.3 Å². The van der Waals surface area contributed by atoms with Gasteiger partial charge in [-0.25, -0.2) is 0 Å². The Morgan fingerprint density at radius 2 is 1.88 bits per heavy atom. The van der Waals surface area contributed by atoms with Crippen molar-refractivity contribution in [2.75, 3.05) is 0 Å². The first-order valence-corrected chi connectivity index (χ1v) is 6.23. The number of rotatable bonds is 3. The molecule has 2 nitrogen and oxygen atoms in total. The Hall–Kier alpha value is -1.09. The first kappa shape index (κ1) is 11.4. The second-order valence-corrected chi connectivity index (χ2v) is 5.27. The second kappa shape index (κ2) is 4.83. The van der Waals surface area contributed by atoms with Gasteiger partial charge in [0.05, 0.1) is 6.20 Å². The highest BCUT2D eigenvalue weighted by Gasteiger charge is 2.02. The summed E-state index contributed by atoms with van der Waals surface area (Å²) >= 11 is 3.44. The fraction of sp³-hybridized carbons (Fsp3) is 0.308. The van der Waals surface area contributed by atoms with Gasteiger partial charge in [0.25, 0.3) is 0 Å². The second-order valence-electron chi connectivity index (χ2n) is 4.35. The molecule has 0 amide bonds. The average molecular weight is 279 g/mol. The summed E-state index contributed by atoms with van der Waals surface area (Å²) in [6.07, 6.45) is 4.02. The lowest BCUT2D eigenvalue weighted by molar-refractivity contribution is 0.483. The minimum atomic E-state index is 0.623. The van der Waals surface area contributed by atoms with Crippen molar-refractivity contribution in [1.29, 1.82) is 0 Å². The molecule has 0 atom stereocenters. The topological polar surface area (TPSA) is 17.8 Å². The van der Waals surface area contributed by atoms with Crippen LogP contribution >= 0.6 is 15.9 Å². The predicted octanol–water partition coefficient (Wildman–Crippen LogP) is 3.97. The Morgan fingerprint density at radius 3 is 2.50 bits per heavy atom. The molecule has 0 aliphatic heterocycles. The van der Waals surface area contributed by atoms with Crippen molar-refractivity contribution in [3.8, 4) is 11.1 Å². The largest absolute Gasteiger partial charge is 0.272 e. The van der Waals surface area contributed by atoms with Crippen LogP contribution in [0.2, 0.25) is 0 Å². The first-order chi connectivity index (χ1) is 7.65. The maximum absolute atomic E-state index is 4.36. The lowest BCUT2D eigenvalue weighted by atomic mass is 10.1. The van der Waals surface area contributed by atoms with Gasteiger partial charge in [0.15, 0.2) is 0 Å². The van der Waals surface area contributed by atoms with Gasteiger partial charge in [0.1, 0.15) is 0 Å². The minimum absolute atomic E-state index is 0.623. The molecule has 0 saturated heterocycles. The molecule has 1 aromatic heterocycles. The smallest absolute Gasteiger partial charge is 0.0568 e. The Kier molecular flexibility index (Phi) is 3.44. The van der Waals surface area contributed by atoms with E-state index in [1.54, 1.807) is 0 Å². The van der Waals surface area contributed by atoms with E-state index in [1.807, 2.05) is 10.9 Å². The van der Waals surface area contributed by atoms with Crippen molar-refractivity contribution < 1.29 is 0 Å². The third kappa shape index (κ3) is 2.73. The van der Waals surface area contributed by atoms with Crippen molar-refractivity contribution in [2.24, 2.45) is 5.92 Å². The minimum Gasteiger partial charge on any atom is -0.272 e. The number of aromatic nitrogens is 2. The molecular weight excluding hydrogens is 264 g/mol. The van der Waals surface area contributed by atoms with Crippen molar-refractivity contribution >= 4 is 15.9 Å². The van der Waals surface area contributed by atoms with E-state index in [0.29, 0.717) is 5.92 Å². The van der Waals surface area contributed by atoms with Crippen LogP contribution in [0.3, 0.4) is 0 Å². The average Bonchev–Trinajstić information content (AvgIpc) is 2.66. The van der Waals surface area contributed by atoms with Gasteiger partial charge in [-0.05, 0) is 23.6 Å². The Balaban J connectivity index is 2.21. The van der Waals surface area contributed by atoms with E-state index >= 15 is 0 Å². The summed E-state index contributed by atoms with van der Waals surface area (Å²) in [6, 6.07) is 8.30. The SMILES string of the molecule is CC(C)Cn1cc(-c2ccc(Br)cc2)cn1. The van der Waals surface area contributed by atoms with Crippen LogP contribution in [0.15, 0.2) is 41.1 Å². The van der Waals surface area contributed by atoms with Gasteiger partial charge in [-0.2, -0.15) is 5.10 Å². The molecule has 3 heteroatoms. The molecule has 0 aliphatic carbocycles. The van der Waals surface area contributed by atoms with E-state index < -0.39 is 0 Å². The summed E-state index contributed by atoms with van der Waals surface area (Å²) in [6.45, 7) is 5.36. The molecule has 84 valence electrons. The number of halogens is 1. The summed E-state index contributed by atoms with van der Waals surface area (Å²) < 4.78 is 3.10. The lowest BCUT2D eigenvalue weighted by Crippen LogP contribution is -2.03. The standard InChI is InChI=1S/C13H15BrN2/c1-10(2)8-16-9-12(7-15-16)11-3-5-13(14)6-4-11/h3-7,9-10H,8H2,1-2H3. The van der Waals surface area contributed by atoms with Crippen LogP contribution in [-0.2, 0) is 6.54 Å². The van der Waals surface area contributed by atoms with Crippen LogP contribution < -0.4 is 0 Å². The predicted molar refractivity (Wildman–Crippen MR) is 70.2 cm³/mol. The molecule has 0 radical (unpaired) electrons. The van der Waals surface area contributed by atoms with Gasteiger partial charge in [0.2, 0.25) is 0 Å². The molecule has 2 rings (SSSR count). The maximum atomic E-state index is 4.36. The fourth-order valence-corrected chi connectivity index (χ4v) is 1.89. The van der Waals surface area contributed by atoms with E-state index in [4.69, 9.17) is 0 Å². The van der Waals surface area contributed by atoms with E-state index in [9.17, 15) is 0 Å². The molecule has 16 heavy (non-hydrogen) atoms. The molecule has 0 unspecified atom stereocenters. The normalized spacial score (nSPS) is 11.0. The number of nitrogens with zero attached hydrogens (tertiary/aromatic N) is 2. The van der Waals surface area contributed by atoms with Gasteiger partial charge >= 0.3 is 0 Å². The molecule has 0 bridgehead atoms. The van der Waals surface area contributed by atoms with Crippen molar-refractivity contribution in [3.05, 3.63) is 41.1 Å². The van der Waals surface area contributed by atoms with Gasteiger partial charge < -0.3 is 0 Å². The molecule has 2 aromatic rings. The van der Waals surface area contributed by atoms with Crippen molar-refractivity contribution in [2.45, 2.75) is 20.4 Å². The highest BCUT2D eigenvalue weighted by atomic mass is 79.9. The molecule has 0 N–H and O–H groups in total. The Labute approximate surface area is 104 Å². The number of hydrogen-bond donors (Lipinski definition) is 0. The van der Waals surface area contributed by atoms with Crippen LogP contribution in [0.1, 0.15) is 13.8 Å². The van der Waals surface area contributed by atoms with Crippen LogP contribution in [0, 0.1) is 5.92 Å². The number of benzene rings is 1. The van der Waals surface area contributed by atoms with Gasteiger partial charge in [-0.15, -0.1) is 0 Å². The summed E-state index contributed by atoms with van der Waals surface area (Å²) in [5.41, 5.74) is 2.38. The zero-order chi connectivity index (χ0) is 11.5. The maximum Gasteiger partial charge on any atom is 0.0568 e. The Bertz CT molecular complexity index is 457. The fourth-order valence-electron chi connectivity index (χ4n) is 1.63. The van der Waals surface area contributed by atoms with Gasteiger partial charge in [-0.1, -0.05) is 41.9 Å². The summed E-state index contributed by atoms with van der Waals surface area (Å²) in [4.78, 5) is 0. The van der Waals surface area contributed by atoms with Crippen LogP contribution in [-0.4, -0.2) is 9.78 Å². The molecule has 0 fully saturated rings. The Morgan fingerprint density at radius 1 is 1.19 bits per heavy atom. The third-order valence-electron chi connectivity index (χ3n) is 2.36. The van der Waals surface area contributed by atoms with Crippen LogP contribution in [0.25, 0.3) is 11.1 Å². The highest BCUT2D eigenvalue weighted by Crippen LogP contribution is 2.21. The molecule has 0 spiro atoms. The van der Waals surface area contributed by atoms with Crippen LogP contribution in [0.4, 0.5) is 0 Å². The quantitative estimate of drug-likeness (QED) is 0.831. The van der Waals surface area contributed by atoms with E-state index in [1.165, 1.54) is 11.1 Å². The molecule has 1 aromatic carbocycles. The van der Waals surface area contributed by atoms with E-state index in [0.717, 1.165) is 11.0 Å². The van der Waals surface area contributed by atoms with Gasteiger partial charge in [0, 0.05) is 22.8 Å². The summed E-state index contributed by atoms with van der Waals surface area (Å²) in [5.74, 6) is 0.623. The number of hydrogen-bond acceptors (Lipinski definition) is 1. The summed E-state index contributed by atoms with van der Waals surface area (Å²) in [7, 11) is 0.